The first kappa shape index (κ1) is 12.0. The largest absolute Gasteiger partial charge is 0.355 e. The van der Waals surface area contributed by atoms with Gasteiger partial charge in [-0.3, -0.25) is 9.59 Å². The fourth-order valence-electron chi connectivity index (χ4n) is 1.16. The fourth-order valence-corrected chi connectivity index (χ4v) is 1.16. The van der Waals surface area contributed by atoms with Crippen LogP contribution in [-0.2, 0) is 9.59 Å². The molecule has 0 saturated heterocycles. The van der Waals surface area contributed by atoms with Crippen LogP contribution in [0.2, 0.25) is 0 Å². The Bertz CT molecular complexity index is 257. The third kappa shape index (κ3) is 3.22. The van der Waals surface area contributed by atoms with Crippen molar-refractivity contribution in [2.24, 2.45) is 5.41 Å². The minimum Gasteiger partial charge on any atom is -0.355 e. The molecule has 0 atom stereocenters. The normalized spacial score (nSPS) is 15.9. The molecule has 0 unspecified atom stereocenters. The van der Waals surface area contributed by atoms with Crippen molar-refractivity contribution in [2.45, 2.75) is 46.1 Å². The van der Waals surface area contributed by atoms with Crippen molar-refractivity contribution in [3.8, 4) is 0 Å². The van der Waals surface area contributed by atoms with Crippen molar-refractivity contribution < 1.29 is 9.59 Å². The van der Waals surface area contributed by atoms with E-state index in [0.29, 0.717) is 12.6 Å². The van der Waals surface area contributed by atoms with Crippen molar-refractivity contribution in [1.82, 2.24) is 10.6 Å². The molecule has 1 aliphatic rings. The quantitative estimate of drug-likeness (QED) is 0.663. The Labute approximate surface area is 90.8 Å². The van der Waals surface area contributed by atoms with Crippen molar-refractivity contribution >= 4 is 11.8 Å². The van der Waals surface area contributed by atoms with Gasteiger partial charge in [0.25, 0.3) is 0 Å². The van der Waals surface area contributed by atoms with E-state index in [-0.39, 0.29) is 11.8 Å². The minimum absolute atomic E-state index is 0.168. The summed E-state index contributed by atoms with van der Waals surface area (Å²) in [7, 11) is 0. The molecule has 4 nitrogen and oxygen atoms in total. The van der Waals surface area contributed by atoms with E-state index in [9.17, 15) is 9.59 Å². The second-order valence-electron chi connectivity index (χ2n) is 4.63. The summed E-state index contributed by atoms with van der Waals surface area (Å²) < 4.78 is 0. The van der Waals surface area contributed by atoms with Crippen molar-refractivity contribution in [1.29, 1.82) is 0 Å². The average molecular weight is 212 g/mol. The molecule has 0 radical (unpaired) electrons. The Kier molecular flexibility index (Phi) is 3.72. The van der Waals surface area contributed by atoms with Gasteiger partial charge < -0.3 is 10.6 Å². The molecule has 0 aliphatic heterocycles. The zero-order valence-corrected chi connectivity index (χ0v) is 9.72. The van der Waals surface area contributed by atoms with Gasteiger partial charge in [0.1, 0.15) is 5.41 Å². The molecule has 2 N–H and O–H groups in total. The summed E-state index contributed by atoms with van der Waals surface area (Å²) in [5.41, 5.74) is -0.961. The van der Waals surface area contributed by atoms with Crippen LogP contribution in [0.1, 0.15) is 40.0 Å². The maximum atomic E-state index is 11.7. The van der Waals surface area contributed by atoms with Crippen LogP contribution in [0, 0.1) is 5.41 Å². The van der Waals surface area contributed by atoms with E-state index in [2.05, 4.69) is 10.6 Å². The van der Waals surface area contributed by atoms with Crippen molar-refractivity contribution in [3.05, 3.63) is 0 Å². The molecule has 0 aromatic heterocycles. The molecule has 1 saturated carbocycles. The SMILES string of the molecule is CCCNC(=O)C(C)(C)C(=O)NC1CC1. The smallest absolute Gasteiger partial charge is 0.235 e. The van der Waals surface area contributed by atoms with Gasteiger partial charge in [0.15, 0.2) is 0 Å². The summed E-state index contributed by atoms with van der Waals surface area (Å²) in [5.74, 6) is -0.360. The second-order valence-corrected chi connectivity index (χ2v) is 4.63. The van der Waals surface area contributed by atoms with Gasteiger partial charge in [-0.25, -0.2) is 0 Å². The van der Waals surface area contributed by atoms with Crippen LogP contribution in [-0.4, -0.2) is 24.4 Å². The molecule has 4 heteroatoms. The maximum absolute atomic E-state index is 11.7. The van der Waals surface area contributed by atoms with Gasteiger partial charge >= 0.3 is 0 Å². The van der Waals surface area contributed by atoms with Gasteiger partial charge in [-0.05, 0) is 33.1 Å². The van der Waals surface area contributed by atoms with Gasteiger partial charge in [-0.15, -0.1) is 0 Å². The predicted octanol–water partition coefficient (Wildman–Crippen LogP) is 0.817. The highest BCUT2D eigenvalue weighted by Crippen LogP contribution is 2.22. The zero-order chi connectivity index (χ0) is 11.5. The van der Waals surface area contributed by atoms with E-state index in [4.69, 9.17) is 0 Å². The lowest BCUT2D eigenvalue weighted by Crippen LogP contribution is -2.48. The molecule has 1 aliphatic carbocycles. The van der Waals surface area contributed by atoms with Crippen LogP contribution in [0.3, 0.4) is 0 Å². The number of hydrogen-bond donors (Lipinski definition) is 2. The number of amides is 2. The molecule has 86 valence electrons. The third-order valence-electron chi connectivity index (χ3n) is 2.58. The molecular formula is C11H20N2O2. The maximum Gasteiger partial charge on any atom is 0.235 e. The molecule has 0 aromatic rings. The molecule has 0 heterocycles. The van der Waals surface area contributed by atoms with Gasteiger partial charge in [0, 0.05) is 12.6 Å². The first-order chi connectivity index (χ1) is 6.98. The van der Waals surface area contributed by atoms with Crippen molar-refractivity contribution in [2.75, 3.05) is 6.54 Å². The van der Waals surface area contributed by atoms with Crippen LogP contribution < -0.4 is 10.6 Å². The van der Waals surface area contributed by atoms with E-state index < -0.39 is 5.41 Å². The Morgan fingerprint density at radius 1 is 1.27 bits per heavy atom. The standard InChI is InChI=1S/C11H20N2O2/c1-4-7-12-9(14)11(2,3)10(15)13-8-5-6-8/h8H,4-7H2,1-3H3,(H,12,14)(H,13,15). The number of rotatable bonds is 5. The summed E-state index contributed by atoms with van der Waals surface area (Å²) in [6.07, 6.45) is 2.96. The van der Waals surface area contributed by atoms with E-state index in [1.807, 2.05) is 6.92 Å². The molecule has 0 aromatic carbocycles. The average Bonchev–Trinajstić information content (AvgIpc) is 2.97. The lowest BCUT2D eigenvalue weighted by molar-refractivity contribution is -0.141. The highest BCUT2D eigenvalue weighted by molar-refractivity contribution is 6.04. The van der Waals surface area contributed by atoms with Crippen LogP contribution in [0.5, 0.6) is 0 Å². The van der Waals surface area contributed by atoms with Crippen LogP contribution in [0.25, 0.3) is 0 Å². The van der Waals surface area contributed by atoms with Gasteiger partial charge in [0.05, 0.1) is 0 Å². The minimum atomic E-state index is -0.961. The molecular weight excluding hydrogens is 192 g/mol. The molecule has 0 bridgehead atoms. The molecule has 15 heavy (non-hydrogen) atoms. The van der Waals surface area contributed by atoms with E-state index >= 15 is 0 Å². The van der Waals surface area contributed by atoms with E-state index in [1.54, 1.807) is 13.8 Å². The van der Waals surface area contributed by atoms with E-state index in [1.165, 1.54) is 0 Å². The monoisotopic (exact) mass is 212 g/mol. The fraction of sp³-hybridized carbons (Fsp3) is 0.818. The summed E-state index contributed by atoms with van der Waals surface area (Å²) in [4.78, 5) is 23.4. The number of carbonyl (C=O) groups excluding carboxylic acids is 2. The Morgan fingerprint density at radius 3 is 2.33 bits per heavy atom. The van der Waals surface area contributed by atoms with E-state index in [0.717, 1.165) is 19.3 Å². The first-order valence-corrected chi connectivity index (χ1v) is 5.57. The van der Waals surface area contributed by atoms with Gasteiger partial charge in [0.2, 0.25) is 11.8 Å². The summed E-state index contributed by atoms with van der Waals surface area (Å²) in [6, 6.07) is 0.302. The molecule has 2 amide bonds. The van der Waals surface area contributed by atoms with Gasteiger partial charge in [-0.2, -0.15) is 0 Å². The first-order valence-electron chi connectivity index (χ1n) is 5.57. The molecule has 1 fully saturated rings. The molecule has 0 spiro atoms. The molecule has 1 rings (SSSR count). The van der Waals surface area contributed by atoms with Crippen LogP contribution in [0.15, 0.2) is 0 Å². The highest BCUT2D eigenvalue weighted by atomic mass is 16.2. The zero-order valence-electron chi connectivity index (χ0n) is 9.72. The Balaban J connectivity index is 2.46. The van der Waals surface area contributed by atoms with Gasteiger partial charge in [-0.1, -0.05) is 6.92 Å². The predicted molar refractivity (Wildman–Crippen MR) is 58.2 cm³/mol. The topological polar surface area (TPSA) is 58.2 Å². The highest BCUT2D eigenvalue weighted by Gasteiger charge is 2.38. The Morgan fingerprint density at radius 2 is 1.87 bits per heavy atom. The second kappa shape index (κ2) is 4.64. The van der Waals surface area contributed by atoms with Crippen LogP contribution in [0.4, 0.5) is 0 Å². The summed E-state index contributed by atoms with van der Waals surface area (Å²) in [5, 5.41) is 5.60. The lowest BCUT2D eigenvalue weighted by Gasteiger charge is -2.22. The van der Waals surface area contributed by atoms with Crippen molar-refractivity contribution in [3.63, 3.8) is 0 Å². The summed E-state index contributed by atoms with van der Waals surface area (Å²) in [6.45, 7) is 5.93. The lowest BCUT2D eigenvalue weighted by atomic mass is 9.91. The summed E-state index contributed by atoms with van der Waals surface area (Å²) >= 11 is 0. The number of nitrogens with one attached hydrogen (secondary N) is 2. The Hall–Kier alpha value is -1.06. The number of hydrogen-bond acceptors (Lipinski definition) is 2. The third-order valence-corrected chi connectivity index (χ3v) is 2.58. The number of carbonyl (C=O) groups is 2. The van der Waals surface area contributed by atoms with Crippen LogP contribution >= 0.6 is 0 Å².